The van der Waals surface area contributed by atoms with E-state index < -0.39 is 29.1 Å². The summed E-state index contributed by atoms with van der Waals surface area (Å²) in [6.45, 7) is 0. The van der Waals surface area contributed by atoms with E-state index in [0.717, 1.165) is 36.4 Å². The van der Waals surface area contributed by atoms with Gasteiger partial charge in [0.2, 0.25) is 0 Å². The Kier molecular flexibility index (Phi) is 4.80. The maximum Gasteiger partial charge on any atom is 0.573 e. The van der Waals surface area contributed by atoms with Gasteiger partial charge in [-0.15, -0.1) is 13.2 Å². The molecule has 0 aliphatic rings. The Labute approximate surface area is 136 Å². The van der Waals surface area contributed by atoms with Crippen LogP contribution in [0.5, 0.6) is 5.75 Å². The number of benzene rings is 2. The molecule has 0 N–H and O–H groups in total. The molecule has 0 atom stereocenters. The molecular weight excluding hydrogens is 362 g/mol. The van der Waals surface area contributed by atoms with Gasteiger partial charge in [-0.3, -0.25) is 4.79 Å². The Morgan fingerprint density at radius 1 is 0.875 bits per heavy atom. The average Bonchev–Trinajstić information content (AvgIpc) is 2.45. The minimum atomic E-state index is -4.88. The van der Waals surface area contributed by atoms with E-state index in [9.17, 15) is 31.1 Å². The molecule has 0 bridgehead atoms. The lowest BCUT2D eigenvalue weighted by Gasteiger charge is -2.12. The number of carbonyl (C=O) groups is 1. The molecule has 0 saturated carbocycles. The lowest BCUT2D eigenvalue weighted by atomic mass is 10.00. The van der Waals surface area contributed by atoms with Gasteiger partial charge in [0, 0.05) is 5.56 Å². The summed E-state index contributed by atoms with van der Waals surface area (Å²) < 4.78 is 78.6. The Morgan fingerprint density at radius 2 is 1.46 bits per heavy atom. The van der Waals surface area contributed by atoms with Crippen molar-refractivity contribution in [2.45, 2.75) is 12.5 Å². The van der Waals surface area contributed by atoms with Crippen molar-refractivity contribution in [3.05, 3.63) is 53.6 Å². The molecule has 2 rings (SSSR count). The highest BCUT2D eigenvalue weighted by atomic mass is 35.5. The van der Waals surface area contributed by atoms with E-state index in [0.29, 0.717) is 6.07 Å². The fraction of sp³-hybridized carbons (Fsp3) is 0.133. The molecule has 9 heteroatoms. The third-order valence-corrected chi connectivity index (χ3v) is 3.13. The number of alkyl halides is 6. The van der Waals surface area contributed by atoms with Crippen LogP contribution in [0.4, 0.5) is 26.3 Å². The van der Waals surface area contributed by atoms with Gasteiger partial charge in [0.25, 0.3) is 5.24 Å². The summed E-state index contributed by atoms with van der Waals surface area (Å²) in [6, 6.07) is 6.65. The lowest BCUT2D eigenvalue weighted by Crippen LogP contribution is -2.16. The van der Waals surface area contributed by atoms with Crippen molar-refractivity contribution in [1.82, 2.24) is 0 Å². The third-order valence-electron chi connectivity index (χ3n) is 2.91. The Bertz CT molecular complexity index is 750. The first-order valence-corrected chi connectivity index (χ1v) is 6.62. The van der Waals surface area contributed by atoms with Crippen LogP contribution in [0.1, 0.15) is 15.9 Å². The zero-order valence-electron chi connectivity index (χ0n) is 11.5. The molecule has 128 valence electrons. The lowest BCUT2D eigenvalue weighted by molar-refractivity contribution is -0.274. The second-order valence-electron chi connectivity index (χ2n) is 4.64. The van der Waals surface area contributed by atoms with Gasteiger partial charge >= 0.3 is 12.5 Å². The van der Waals surface area contributed by atoms with Crippen LogP contribution in [0.25, 0.3) is 11.1 Å². The number of hydrogen-bond acceptors (Lipinski definition) is 2. The highest BCUT2D eigenvalue weighted by molar-refractivity contribution is 6.67. The van der Waals surface area contributed by atoms with Crippen molar-refractivity contribution in [3.8, 4) is 16.9 Å². The molecule has 0 aliphatic heterocycles. The molecule has 0 fully saturated rings. The molecule has 0 saturated heterocycles. The molecule has 0 radical (unpaired) electrons. The van der Waals surface area contributed by atoms with Crippen molar-refractivity contribution in [2.24, 2.45) is 0 Å². The summed E-state index contributed by atoms with van der Waals surface area (Å²) in [7, 11) is 0. The van der Waals surface area contributed by atoms with Crippen LogP contribution < -0.4 is 4.74 Å². The van der Waals surface area contributed by atoms with Gasteiger partial charge in [0.15, 0.2) is 0 Å². The van der Waals surface area contributed by atoms with E-state index in [1.54, 1.807) is 0 Å². The minimum absolute atomic E-state index is 0.0209. The van der Waals surface area contributed by atoms with Gasteiger partial charge in [-0.25, -0.2) is 0 Å². The molecule has 0 spiro atoms. The fourth-order valence-corrected chi connectivity index (χ4v) is 2.03. The quantitative estimate of drug-likeness (QED) is 0.517. The summed E-state index contributed by atoms with van der Waals surface area (Å²) in [4.78, 5) is 11.2. The van der Waals surface area contributed by atoms with Crippen LogP contribution in [-0.4, -0.2) is 11.6 Å². The summed E-state index contributed by atoms with van der Waals surface area (Å²) in [5.41, 5.74) is -1.33. The number of halogens is 7. The van der Waals surface area contributed by atoms with Crippen molar-refractivity contribution < 1.29 is 35.9 Å². The van der Waals surface area contributed by atoms with Crippen molar-refractivity contribution in [2.75, 3.05) is 0 Å². The topological polar surface area (TPSA) is 26.3 Å². The number of rotatable bonds is 3. The van der Waals surface area contributed by atoms with Crippen LogP contribution in [0.3, 0.4) is 0 Å². The molecule has 2 aromatic carbocycles. The first-order valence-electron chi connectivity index (χ1n) is 6.24. The van der Waals surface area contributed by atoms with Crippen molar-refractivity contribution in [3.63, 3.8) is 0 Å². The minimum Gasteiger partial charge on any atom is -0.406 e. The van der Waals surface area contributed by atoms with Gasteiger partial charge in [-0.05, 0) is 53.1 Å². The Hall–Kier alpha value is -2.22. The van der Waals surface area contributed by atoms with Crippen LogP contribution >= 0.6 is 11.6 Å². The van der Waals surface area contributed by atoms with E-state index in [2.05, 4.69) is 4.74 Å². The SMILES string of the molecule is O=C(Cl)c1cc(-c2ccc(OC(F)(F)F)cc2)cc(C(F)(F)F)c1. The molecule has 2 nitrogen and oxygen atoms in total. The zero-order chi connectivity index (χ0) is 18.1. The molecule has 24 heavy (non-hydrogen) atoms. The van der Waals surface area contributed by atoms with E-state index in [4.69, 9.17) is 11.6 Å². The van der Waals surface area contributed by atoms with Gasteiger partial charge < -0.3 is 4.74 Å². The van der Waals surface area contributed by atoms with Crippen LogP contribution in [0.2, 0.25) is 0 Å². The molecule has 0 amide bonds. The van der Waals surface area contributed by atoms with Crippen LogP contribution in [0.15, 0.2) is 42.5 Å². The summed E-state index contributed by atoms with van der Waals surface area (Å²) >= 11 is 5.23. The Balaban J connectivity index is 2.44. The van der Waals surface area contributed by atoms with E-state index >= 15 is 0 Å². The number of carbonyl (C=O) groups excluding carboxylic acids is 1. The molecular formula is C15H7ClF6O2. The average molecular weight is 369 g/mol. The highest BCUT2D eigenvalue weighted by Crippen LogP contribution is 2.34. The largest absolute Gasteiger partial charge is 0.573 e. The summed E-state index contributed by atoms with van der Waals surface area (Å²) in [6.07, 6.45) is -9.59. The van der Waals surface area contributed by atoms with E-state index in [1.807, 2.05) is 0 Å². The monoisotopic (exact) mass is 368 g/mol. The predicted molar refractivity (Wildman–Crippen MR) is 73.7 cm³/mol. The molecule has 0 heterocycles. The molecule has 0 unspecified atom stereocenters. The Morgan fingerprint density at radius 3 is 1.92 bits per heavy atom. The van der Waals surface area contributed by atoms with Crippen LogP contribution in [0, 0.1) is 0 Å². The van der Waals surface area contributed by atoms with E-state index in [1.165, 1.54) is 0 Å². The first kappa shape index (κ1) is 18.1. The first-order chi connectivity index (χ1) is 11.0. The maximum absolute atomic E-state index is 12.9. The number of hydrogen-bond donors (Lipinski definition) is 0. The van der Waals surface area contributed by atoms with Gasteiger partial charge in [0.1, 0.15) is 5.75 Å². The second kappa shape index (κ2) is 6.35. The van der Waals surface area contributed by atoms with Crippen molar-refractivity contribution in [1.29, 1.82) is 0 Å². The van der Waals surface area contributed by atoms with Gasteiger partial charge in [0.05, 0.1) is 5.56 Å². The van der Waals surface area contributed by atoms with Gasteiger partial charge in [-0.2, -0.15) is 13.2 Å². The summed E-state index contributed by atoms with van der Waals surface area (Å²) in [5.74, 6) is -0.521. The number of ether oxygens (including phenoxy) is 1. The van der Waals surface area contributed by atoms with Crippen LogP contribution in [-0.2, 0) is 6.18 Å². The standard InChI is InChI=1S/C15H7ClF6O2/c16-13(23)10-5-9(6-11(7-10)14(17,18)19)8-1-3-12(4-2-8)24-15(20,21)22/h1-7H. The molecule has 0 aliphatic carbocycles. The highest BCUT2D eigenvalue weighted by Gasteiger charge is 2.32. The second-order valence-corrected chi connectivity index (χ2v) is 4.99. The summed E-state index contributed by atoms with van der Waals surface area (Å²) in [5, 5.41) is -1.08. The van der Waals surface area contributed by atoms with E-state index in [-0.39, 0.29) is 16.7 Å². The molecule has 2 aromatic rings. The van der Waals surface area contributed by atoms with Crippen molar-refractivity contribution >= 4 is 16.8 Å². The van der Waals surface area contributed by atoms with Gasteiger partial charge in [-0.1, -0.05) is 12.1 Å². The molecule has 0 aromatic heterocycles. The smallest absolute Gasteiger partial charge is 0.406 e. The zero-order valence-corrected chi connectivity index (χ0v) is 12.3. The normalized spacial score (nSPS) is 12.1. The fourth-order valence-electron chi connectivity index (χ4n) is 1.92. The third kappa shape index (κ3) is 4.64. The predicted octanol–water partition coefficient (Wildman–Crippen LogP) is 5.65. The maximum atomic E-state index is 12.9.